The molecule has 3 aromatic rings. The highest BCUT2D eigenvalue weighted by atomic mass is 16.5. The van der Waals surface area contributed by atoms with Crippen LogP contribution in [0.1, 0.15) is 41.5 Å². The van der Waals surface area contributed by atoms with Gasteiger partial charge >= 0.3 is 0 Å². The van der Waals surface area contributed by atoms with Gasteiger partial charge < -0.3 is 14.0 Å². The fourth-order valence-electron chi connectivity index (χ4n) is 3.02. The van der Waals surface area contributed by atoms with Crippen LogP contribution in [0, 0.1) is 0 Å². The van der Waals surface area contributed by atoms with Crippen molar-refractivity contribution in [1.82, 2.24) is 29.5 Å². The van der Waals surface area contributed by atoms with Crippen LogP contribution in [-0.4, -0.2) is 55.1 Å². The molecule has 130 valence electrons. The van der Waals surface area contributed by atoms with E-state index in [1.54, 1.807) is 23.4 Å². The van der Waals surface area contributed by atoms with E-state index in [2.05, 4.69) is 27.1 Å². The molecule has 0 aliphatic carbocycles. The van der Waals surface area contributed by atoms with Gasteiger partial charge in [-0.25, -0.2) is 9.97 Å². The summed E-state index contributed by atoms with van der Waals surface area (Å²) in [5.41, 5.74) is 1.45. The van der Waals surface area contributed by atoms with E-state index in [0.29, 0.717) is 31.1 Å². The van der Waals surface area contributed by atoms with Crippen molar-refractivity contribution in [1.29, 1.82) is 0 Å². The maximum atomic E-state index is 12.8. The molecule has 1 saturated heterocycles. The number of imidazole rings is 1. The number of hydrogen-bond donors (Lipinski definition) is 1. The lowest BCUT2D eigenvalue weighted by Gasteiger charge is -2.31. The van der Waals surface area contributed by atoms with Crippen LogP contribution in [0.3, 0.4) is 0 Å². The third-order valence-corrected chi connectivity index (χ3v) is 4.31. The Morgan fingerprint density at radius 2 is 2.36 bits per heavy atom. The first-order valence-electron chi connectivity index (χ1n) is 8.49. The predicted octanol–water partition coefficient (Wildman–Crippen LogP) is 1.62. The molecule has 0 saturated carbocycles. The summed E-state index contributed by atoms with van der Waals surface area (Å²) in [5, 5.41) is 7.19. The highest BCUT2D eigenvalue weighted by molar-refractivity contribution is 5.94. The number of aromatic nitrogens is 5. The second-order valence-corrected chi connectivity index (χ2v) is 6.11. The molecule has 0 aromatic carbocycles. The minimum Gasteiger partial charge on any atom is -0.366 e. The topological polar surface area (TPSA) is 88.4 Å². The van der Waals surface area contributed by atoms with Crippen molar-refractivity contribution in [3.63, 3.8) is 0 Å². The normalized spacial score (nSPS) is 18.0. The molecule has 0 bridgehead atoms. The van der Waals surface area contributed by atoms with Crippen molar-refractivity contribution in [3.8, 4) is 0 Å². The minimum absolute atomic E-state index is 0.0202. The van der Waals surface area contributed by atoms with Crippen LogP contribution >= 0.6 is 0 Å². The molecular weight excluding hydrogens is 320 g/mol. The summed E-state index contributed by atoms with van der Waals surface area (Å²) in [7, 11) is 0. The van der Waals surface area contributed by atoms with Gasteiger partial charge in [-0.15, -0.1) is 0 Å². The minimum atomic E-state index is -0.295. The maximum absolute atomic E-state index is 12.8. The molecule has 0 radical (unpaired) electrons. The summed E-state index contributed by atoms with van der Waals surface area (Å²) >= 11 is 0. The molecule has 1 N–H and O–H groups in total. The van der Waals surface area contributed by atoms with E-state index in [-0.39, 0.29) is 12.0 Å². The van der Waals surface area contributed by atoms with Crippen molar-refractivity contribution < 1.29 is 9.53 Å². The highest BCUT2D eigenvalue weighted by Crippen LogP contribution is 2.21. The Kier molecular flexibility index (Phi) is 4.19. The molecule has 4 rings (SSSR count). The van der Waals surface area contributed by atoms with Crippen LogP contribution in [-0.2, 0) is 11.2 Å². The maximum Gasteiger partial charge on any atom is 0.255 e. The number of nitrogens with one attached hydrogen (secondary N) is 1. The molecule has 1 amide bonds. The van der Waals surface area contributed by atoms with E-state index in [4.69, 9.17) is 4.74 Å². The molecule has 0 unspecified atom stereocenters. The Morgan fingerprint density at radius 3 is 3.24 bits per heavy atom. The molecule has 8 heteroatoms. The van der Waals surface area contributed by atoms with Gasteiger partial charge in [-0.2, -0.15) is 5.10 Å². The van der Waals surface area contributed by atoms with Crippen LogP contribution in [0.15, 0.2) is 30.7 Å². The van der Waals surface area contributed by atoms with E-state index in [1.807, 2.05) is 16.7 Å². The molecule has 1 atom stereocenters. The van der Waals surface area contributed by atoms with Crippen LogP contribution in [0.4, 0.5) is 0 Å². The van der Waals surface area contributed by atoms with Gasteiger partial charge in [0.25, 0.3) is 5.91 Å². The van der Waals surface area contributed by atoms with Gasteiger partial charge in [0.1, 0.15) is 17.6 Å². The van der Waals surface area contributed by atoms with E-state index in [1.165, 1.54) is 0 Å². The Bertz CT molecular complexity index is 886. The summed E-state index contributed by atoms with van der Waals surface area (Å²) in [6.45, 7) is 3.58. The zero-order chi connectivity index (χ0) is 17.2. The third kappa shape index (κ3) is 3.12. The largest absolute Gasteiger partial charge is 0.366 e. The van der Waals surface area contributed by atoms with Crippen molar-refractivity contribution in [2.45, 2.75) is 25.9 Å². The van der Waals surface area contributed by atoms with E-state index >= 15 is 0 Å². The Labute approximate surface area is 144 Å². The number of aryl methyl sites for hydroxylation is 1. The second kappa shape index (κ2) is 6.64. The number of H-pyrrole nitrogens is 1. The number of ether oxygens (including phenoxy) is 1. The summed E-state index contributed by atoms with van der Waals surface area (Å²) < 4.78 is 7.62. The molecular formula is C17H20N6O2. The number of nitrogens with zero attached hydrogens (tertiary/aromatic N) is 5. The van der Waals surface area contributed by atoms with Crippen molar-refractivity contribution in [3.05, 3.63) is 47.9 Å². The zero-order valence-electron chi connectivity index (χ0n) is 14.1. The number of carbonyl (C=O) groups is 1. The third-order valence-electron chi connectivity index (χ3n) is 4.31. The fraction of sp³-hybridized carbons (Fsp3) is 0.412. The van der Waals surface area contributed by atoms with Gasteiger partial charge in [0.15, 0.2) is 5.82 Å². The Morgan fingerprint density at radius 1 is 1.44 bits per heavy atom. The van der Waals surface area contributed by atoms with Gasteiger partial charge in [0.05, 0.1) is 18.7 Å². The Balaban J connectivity index is 1.50. The van der Waals surface area contributed by atoms with E-state index in [0.717, 1.165) is 24.3 Å². The van der Waals surface area contributed by atoms with Gasteiger partial charge in [-0.05, 0) is 18.6 Å². The molecule has 0 spiro atoms. The van der Waals surface area contributed by atoms with E-state index in [9.17, 15) is 4.79 Å². The van der Waals surface area contributed by atoms with Crippen LogP contribution in [0.5, 0.6) is 0 Å². The first kappa shape index (κ1) is 15.8. The standard InChI is InChI=1S/C17H20N6O2/c1-2-3-14-19-16(21-20-14)13-11-23(8-9-25-13)17(24)12-4-5-15-18-6-7-22(15)10-12/h4-7,10,13H,2-3,8-9,11H2,1H3,(H,19,20,21)/t13-/m0/s1. The summed E-state index contributed by atoms with van der Waals surface area (Å²) in [5.74, 6) is 1.45. The summed E-state index contributed by atoms with van der Waals surface area (Å²) in [6, 6.07) is 3.65. The second-order valence-electron chi connectivity index (χ2n) is 6.11. The first-order chi connectivity index (χ1) is 12.2. The lowest BCUT2D eigenvalue weighted by atomic mass is 10.2. The lowest BCUT2D eigenvalue weighted by molar-refractivity contribution is -0.0267. The smallest absolute Gasteiger partial charge is 0.255 e. The van der Waals surface area contributed by atoms with Crippen molar-refractivity contribution in [2.24, 2.45) is 0 Å². The molecule has 3 aromatic heterocycles. The van der Waals surface area contributed by atoms with Crippen LogP contribution in [0.2, 0.25) is 0 Å². The van der Waals surface area contributed by atoms with Crippen LogP contribution < -0.4 is 0 Å². The predicted molar refractivity (Wildman–Crippen MR) is 90.2 cm³/mol. The van der Waals surface area contributed by atoms with Crippen molar-refractivity contribution in [2.75, 3.05) is 19.7 Å². The molecule has 1 fully saturated rings. The average molecular weight is 340 g/mol. The number of carbonyl (C=O) groups excluding carboxylic acids is 1. The quantitative estimate of drug-likeness (QED) is 0.780. The number of hydrogen-bond acceptors (Lipinski definition) is 5. The average Bonchev–Trinajstić information content (AvgIpc) is 3.30. The molecule has 8 nitrogen and oxygen atoms in total. The number of amides is 1. The van der Waals surface area contributed by atoms with Gasteiger partial charge in [0.2, 0.25) is 0 Å². The Hall–Kier alpha value is -2.74. The number of pyridine rings is 1. The molecule has 4 heterocycles. The fourth-order valence-corrected chi connectivity index (χ4v) is 3.02. The molecule has 1 aliphatic rings. The SMILES string of the molecule is CCCc1nc([C@@H]2CN(C(=O)c3ccc4nccn4c3)CCO2)n[nH]1. The number of fused-ring (bicyclic) bond motifs is 1. The number of rotatable bonds is 4. The van der Waals surface area contributed by atoms with Gasteiger partial charge in [0, 0.05) is 31.6 Å². The van der Waals surface area contributed by atoms with E-state index < -0.39 is 0 Å². The highest BCUT2D eigenvalue weighted by Gasteiger charge is 2.28. The monoisotopic (exact) mass is 340 g/mol. The lowest BCUT2D eigenvalue weighted by Crippen LogP contribution is -2.42. The summed E-state index contributed by atoms with van der Waals surface area (Å²) in [6.07, 6.45) is 6.91. The number of aromatic amines is 1. The van der Waals surface area contributed by atoms with Crippen LogP contribution in [0.25, 0.3) is 5.65 Å². The van der Waals surface area contributed by atoms with Gasteiger partial charge in [-0.1, -0.05) is 6.92 Å². The first-order valence-corrected chi connectivity index (χ1v) is 8.49. The molecule has 25 heavy (non-hydrogen) atoms. The summed E-state index contributed by atoms with van der Waals surface area (Å²) in [4.78, 5) is 23.3. The van der Waals surface area contributed by atoms with Gasteiger partial charge in [-0.3, -0.25) is 9.89 Å². The van der Waals surface area contributed by atoms with Crippen molar-refractivity contribution >= 4 is 11.6 Å². The number of morpholine rings is 1. The zero-order valence-corrected chi connectivity index (χ0v) is 14.1. The molecule has 1 aliphatic heterocycles.